The molecule has 0 aliphatic rings. The first-order valence-electron chi connectivity index (χ1n) is 14.9. The van der Waals surface area contributed by atoms with E-state index in [-0.39, 0.29) is 6.42 Å². The van der Waals surface area contributed by atoms with Gasteiger partial charge in [0.15, 0.2) is 0 Å². The van der Waals surface area contributed by atoms with Crippen LogP contribution in [0.15, 0.2) is 12.2 Å². The van der Waals surface area contributed by atoms with Crippen molar-refractivity contribution in [2.24, 2.45) is 0 Å². The molecule has 10 heteroatoms. The lowest BCUT2D eigenvalue weighted by Gasteiger charge is -2.31. The van der Waals surface area contributed by atoms with Gasteiger partial charge in [0.25, 0.3) is 0 Å². The van der Waals surface area contributed by atoms with Crippen LogP contribution in [-0.4, -0.2) is 72.4 Å². The fraction of sp³-hybridized carbons (Fsp3) is 0.929. The molecule has 0 heterocycles. The molecule has 0 aromatic carbocycles. The maximum atomic E-state index is 11.2. The van der Waals surface area contributed by atoms with E-state index in [9.17, 15) is 25.0 Å². The Kier molecular flexibility index (Phi) is 24.2. The Morgan fingerprint density at radius 2 is 1.05 bits per heavy atom. The summed E-state index contributed by atoms with van der Waals surface area (Å²) in [4.78, 5) is 18.1. The highest BCUT2D eigenvalue weighted by molar-refractivity contribution is 7.46. The maximum absolute atomic E-state index is 11.2. The number of unbranched alkanes of at least 4 members (excludes halogenated alkanes) is 16. The second-order valence-corrected chi connectivity index (χ2v) is 11.7. The summed E-state index contributed by atoms with van der Waals surface area (Å²) >= 11 is 0. The van der Waals surface area contributed by atoms with E-state index in [0.717, 1.165) is 32.1 Å². The molecule has 0 fully saturated rings. The zero-order valence-electron chi connectivity index (χ0n) is 23.6. The Labute approximate surface area is 230 Å². The lowest BCUT2D eigenvalue weighted by Crippen LogP contribution is -2.50. The van der Waals surface area contributed by atoms with Gasteiger partial charge in [-0.25, -0.2) is 4.57 Å². The SMILES string of the molecule is CCCCCCCCC/C=C\CCCCCCCCCCCC(O)[C@@H](OP(=O)(O)O)[C@@H](O)[C@H](O)[C@H](O)CO. The van der Waals surface area contributed by atoms with Crippen LogP contribution in [0.5, 0.6) is 0 Å². The quantitative estimate of drug-likeness (QED) is 0.0414. The van der Waals surface area contributed by atoms with Crippen LogP contribution in [-0.2, 0) is 9.09 Å². The van der Waals surface area contributed by atoms with Gasteiger partial charge in [-0.15, -0.1) is 0 Å². The number of rotatable bonds is 27. The molecule has 0 radical (unpaired) electrons. The molecule has 9 nitrogen and oxygen atoms in total. The van der Waals surface area contributed by atoms with Crippen LogP contribution < -0.4 is 0 Å². The molecule has 0 spiro atoms. The van der Waals surface area contributed by atoms with Crippen molar-refractivity contribution < 1.29 is 44.4 Å². The predicted molar refractivity (Wildman–Crippen MR) is 151 cm³/mol. The molecule has 0 aromatic rings. The van der Waals surface area contributed by atoms with Crippen LogP contribution in [0, 0.1) is 0 Å². The minimum absolute atomic E-state index is 0.107. The molecule has 0 rings (SSSR count). The number of aliphatic hydroxyl groups is 5. The standard InChI is InChI=1S/C28H57O9P/c1-2-3-4-5-6-7-8-9-10-11-12-13-14-15-16-17-18-19-20-21-22-24(30)28(37-38(34,35)36)27(33)26(32)25(31)23-29/h10-11,24-33H,2-9,12-23H2,1H3,(H2,34,35,36)/b11-10-/t24?,25-,26-,27+,28-/m1/s1. The number of hydrogen-bond donors (Lipinski definition) is 7. The van der Waals surface area contributed by atoms with Crippen molar-refractivity contribution in [2.45, 2.75) is 159 Å². The zero-order valence-corrected chi connectivity index (χ0v) is 24.5. The first-order chi connectivity index (χ1) is 18.1. The average Bonchev–Trinajstić information content (AvgIpc) is 2.88. The smallest absolute Gasteiger partial charge is 0.394 e. The third-order valence-electron chi connectivity index (χ3n) is 6.92. The topological polar surface area (TPSA) is 168 Å². The van der Waals surface area contributed by atoms with Gasteiger partial charge in [0.1, 0.15) is 24.4 Å². The van der Waals surface area contributed by atoms with Crippen LogP contribution in [0.1, 0.15) is 129 Å². The minimum atomic E-state index is -5.07. The Morgan fingerprint density at radius 1 is 0.632 bits per heavy atom. The van der Waals surface area contributed by atoms with Crippen molar-refractivity contribution in [2.75, 3.05) is 6.61 Å². The van der Waals surface area contributed by atoms with Gasteiger partial charge < -0.3 is 35.3 Å². The molecule has 0 amide bonds. The summed E-state index contributed by atoms with van der Waals surface area (Å²) in [6.07, 6.45) is 17.1. The summed E-state index contributed by atoms with van der Waals surface area (Å²) in [5, 5.41) is 48.7. The van der Waals surface area contributed by atoms with E-state index in [0.29, 0.717) is 6.42 Å². The summed E-state index contributed by atoms with van der Waals surface area (Å²) in [5.41, 5.74) is 0. The van der Waals surface area contributed by atoms with Crippen LogP contribution in [0.2, 0.25) is 0 Å². The third kappa shape index (κ3) is 21.5. The fourth-order valence-corrected chi connectivity index (χ4v) is 5.10. The molecule has 0 aromatic heterocycles. The van der Waals surface area contributed by atoms with Gasteiger partial charge in [-0.05, 0) is 32.1 Å². The monoisotopic (exact) mass is 568 g/mol. The third-order valence-corrected chi connectivity index (χ3v) is 7.44. The zero-order chi connectivity index (χ0) is 28.7. The molecular weight excluding hydrogens is 511 g/mol. The molecule has 0 bridgehead atoms. The molecule has 38 heavy (non-hydrogen) atoms. The van der Waals surface area contributed by atoms with Crippen molar-refractivity contribution in [3.8, 4) is 0 Å². The minimum Gasteiger partial charge on any atom is -0.394 e. The molecule has 0 saturated heterocycles. The first kappa shape index (κ1) is 37.6. The number of hydrogen-bond acceptors (Lipinski definition) is 7. The van der Waals surface area contributed by atoms with Gasteiger partial charge in [0, 0.05) is 0 Å². The number of phosphoric ester groups is 1. The van der Waals surface area contributed by atoms with Crippen molar-refractivity contribution in [1.29, 1.82) is 0 Å². The van der Waals surface area contributed by atoms with Gasteiger partial charge in [0.2, 0.25) is 0 Å². The van der Waals surface area contributed by atoms with E-state index in [1.165, 1.54) is 77.0 Å². The summed E-state index contributed by atoms with van der Waals surface area (Å²) in [5.74, 6) is 0. The van der Waals surface area contributed by atoms with Gasteiger partial charge in [-0.2, -0.15) is 0 Å². The van der Waals surface area contributed by atoms with Gasteiger partial charge >= 0.3 is 7.82 Å². The van der Waals surface area contributed by atoms with Crippen molar-refractivity contribution >= 4 is 7.82 Å². The highest BCUT2D eigenvalue weighted by Crippen LogP contribution is 2.40. The molecule has 1 unspecified atom stereocenters. The van der Waals surface area contributed by atoms with E-state index >= 15 is 0 Å². The van der Waals surface area contributed by atoms with Gasteiger partial charge in [-0.3, -0.25) is 4.52 Å². The summed E-state index contributed by atoms with van der Waals surface area (Å²) in [7, 11) is -5.07. The first-order valence-corrected chi connectivity index (χ1v) is 16.4. The lowest BCUT2D eigenvalue weighted by atomic mass is 9.96. The van der Waals surface area contributed by atoms with Crippen molar-refractivity contribution in [1.82, 2.24) is 0 Å². The largest absolute Gasteiger partial charge is 0.470 e. The van der Waals surface area contributed by atoms with E-state index in [1.807, 2.05) is 0 Å². The number of allylic oxidation sites excluding steroid dienone is 2. The fourth-order valence-electron chi connectivity index (χ4n) is 4.52. The van der Waals surface area contributed by atoms with Crippen LogP contribution in [0.3, 0.4) is 0 Å². The Balaban J connectivity index is 3.82. The van der Waals surface area contributed by atoms with Crippen molar-refractivity contribution in [3.05, 3.63) is 12.2 Å². The second kappa shape index (κ2) is 24.4. The molecule has 0 aliphatic carbocycles. The Hall–Kier alpha value is -0.350. The van der Waals surface area contributed by atoms with E-state index in [4.69, 9.17) is 14.9 Å². The van der Waals surface area contributed by atoms with Gasteiger partial charge in [-0.1, -0.05) is 109 Å². The molecule has 228 valence electrons. The Bertz CT molecular complexity index is 599. The molecular formula is C28H57O9P. The molecule has 0 saturated carbocycles. The van der Waals surface area contributed by atoms with Crippen LogP contribution in [0.25, 0.3) is 0 Å². The summed E-state index contributed by atoms with van der Waals surface area (Å²) in [6, 6.07) is 0. The van der Waals surface area contributed by atoms with Crippen molar-refractivity contribution in [3.63, 3.8) is 0 Å². The predicted octanol–water partition coefficient (Wildman–Crippen LogP) is 4.89. The Morgan fingerprint density at radius 3 is 1.47 bits per heavy atom. The highest BCUT2D eigenvalue weighted by atomic mass is 31.2. The molecule has 0 aliphatic heterocycles. The number of aliphatic hydroxyl groups excluding tert-OH is 5. The van der Waals surface area contributed by atoms with E-state index in [1.54, 1.807) is 0 Å². The summed E-state index contributed by atoms with van der Waals surface area (Å²) in [6.45, 7) is 1.38. The summed E-state index contributed by atoms with van der Waals surface area (Å²) < 4.78 is 15.7. The van der Waals surface area contributed by atoms with Crippen LogP contribution >= 0.6 is 7.82 Å². The maximum Gasteiger partial charge on any atom is 0.470 e. The van der Waals surface area contributed by atoms with E-state index < -0.39 is 44.9 Å². The second-order valence-electron chi connectivity index (χ2n) is 10.5. The normalized spacial score (nSPS) is 16.5. The average molecular weight is 569 g/mol. The van der Waals surface area contributed by atoms with Crippen LogP contribution in [0.4, 0.5) is 0 Å². The molecule has 7 N–H and O–H groups in total. The highest BCUT2D eigenvalue weighted by Gasteiger charge is 2.39. The van der Waals surface area contributed by atoms with E-state index in [2.05, 4.69) is 23.6 Å². The van der Waals surface area contributed by atoms with Gasteiger partial charge in [0.05, 0.1) is 12.7 Å². The lowest BCUT2D eigenvalue weighted by molar-refractivity contribution is -0.137. The molecule has 5 atom stereocenters. The number of phosphoric acid groups is 1.